The number of benzene rings is 3. The van der Waals surface area contributed by atoms with Crippen molar-refractivity contribution in [3.05, 3.63) is 123 Å². The molecule has 0 fully saturated rings. The quantitative estimate of drug-likeness (QED) is 0.0180. The summed E-state index contributed by atoms with van der Waals surface area (Å²) >= 11 is 0. The molecule has 0 saturated heterocycles. The van der Waals surface area contributed by atoms with Gasteiger partial charge in [0.25, 0.3) is 16.0 Å². The fraction of sp³-hybridized carbons (Fsp3) is 0.476. The van der Waals surface area contributed by atoms with Gasteiger partial charge in [0.1, 0.15) is 23.3 Å². The van der Waals surface area contributed by atoms with Gasteiger partial charge in [-0.1, -0.05) is 64.1 Å². The number of carbonyl (C=O) groups is 3. The van der Waals surface area contributed by atoms with Gasteiger partial charge in [-0.05, 0) is 107 Å². The van der Waals surface area contributed by atoms with Crippen LogP contribution in [0.4, 0.5) is 27.5 Å². The maximum absolute atomic E-state index is 13.5. The highest BCUT2D eigenvalue weighted by atomic mass is 32.2. The maximum atomic E-state index is 13.5. The number of nitrogens with two attached hydrogens (primary N) is 1. The van der Waals surface area contributed by atoms with Crippen LogP contribution < -0.4 is 21.3 Å². The van der Waals surface area contributed by atoms with E-state index in [0.717, 1.165) is 70.9 Å². The first-order valence-electron chi connectivity index (χ1n) is 28.5. The number of nitrogens with zero attached hydrogens (tertiary/aromatic N) is 3. The van der Waals surface area contributed by atoms with E-state index < -0.39 is 63.3 Å². The van der Waals surface area contributed by atoms with Crippen LogP contribution in [-0.2, 0) is 62.3 Å². The molecule has 6 aliphatic rings. The summed E-state index contributed by atoms with van der Waals surface area (Å²) in [5, 5.41) is 40.6. The van der Waals surface area contributed by atoms with Crippen LogP contribution in [0.3, 0.4) is 0 Å². The Kier molecular flexibility index (Phi) is 17.5. The number of aliphatic hydroxyl groups excluding tert-OH is 1. The molecule has 3 aromatic carbocycles. The molecule has 3 amide bonds. The van der Waals surface area contributed by atoms with Gasteiger partial charge in [-0.15, -0.1) is 0 Å². The molecule has 6 heterocycles. The summed E-state index contributed by atoms with van der Waals surface area (Å²) in [7, 11) is -1.46. The highest BCUT2D eigenvalue weighted by molar-refractivity contribution is 7.85. The Hall–Kier alpha value is -6.94. The SMILES string of the molecule is CO[C@H]1C=C/C=C(\C)C(=O)Nc2cc(O)c(N=CCCCNC(=O)Cc3ccc4c(c3)C(C)(C)C3=C5C=C6C7=[N+](CCC6OC5CCN34)c3ccc(S(=O)(=O)O)cc3C7(C)C)c(c2O)C[C@@H](C)C[C@H](OC)[C@H](O)[C@@H](C)/C=C(\C)[C@@H]1OC(N)=O. The van der Waals surface area contributed by atoms with Crippen LogP contribution in [0.25, 0.3) is 0 Å². The number of anilines is 2. The molecule has 3 aromatic rings. The maximum Gasteiger partial charge on any atom is 0.405 e. The number of primary amides is 1. The van der Waals surface area contributed by atoms with Crippen LogP contribution in [0.15, 0.2) is 111 Å². The number of allylic oxidation sites excluding steroid dienone is 3. The molecule has 444 valence electrons. The number of aliphatic imine (C=N–C) groups is 1. The molecule has 2 bridgehead atoms. The van der Waals surface area contributed by atoms with Gasteiger partial charge in [0.05, 0.1) is 46.8 Å². The van der Waals surface area contributed by atoms with E-state index in [2.05, 4.69) is 71.0 Å². The van der Waals surface area contributed by atoms with Crippen molar-refractivity contribution in [2.75, 3.05) is 44.1 Å². The number of hydrogen-bond donors (Lipinski definition) is 7. The number of carbonyl (C=O) groups excluding carboxylic acids is 3. The number of aliphatic hydroxyl groups is 1. The highest BCUT2D eigenvalue weighted by Gasteiger charge is 2.55. The summed E-state index contributed by atoms with van der Waals surface area (Å²) in [6.07, 6.45) is 8.92. The number of amides is 3. The van der Waals surface area contributed by atoms with Crippen LogP contribution in [0, 0.1) is 11.8 Å². The third-order valence-electron chi connectivity index (χ3n) is 17.3. The van der Waals surface area contributed by atoms with Gasteiger partial charge in [-0.25, -0.2) is 4.79 Å². The zero-order valence-electron chi connectivity index (χ0n) is 49.0. The van der Waals surface area contributed by atoms with Crippen LogP contribution in [0.5, 0.6) is 11.5 Å². The Balaban J connectivity index is 0.876. The minimum Gasteiger partial charge on any atom is -0.506 e. The summed E-state index contributed by atoms with van der Waals surface area (Å²) in [5.74, 6) is -2.01. The van der Waals surface area contributed by atoms with Crippen molar-refractivity contribution in [2.45, 2.75) is 153 Å². The Labute approximate surface area is 486 Å². The van der Waals surface area contributed by atoms with Gasteiger partial charge in [-0.3, -0.25) is 19.1 Å². The molecule has 6 aliphatic heterocycles. The van der Waals surface area contributed by atoms with Crippen molar-refractivity contribution in [1.82, 2.24) is 5.32 Å². The molecule has 0 radical (unpaired) electrons. The van der Waals surface area contributed by atoms with E-state index in [4.69, 9.17) is 24.7 Å². The summed E-state index contributed by atoms with van der Waals surface area (Å²) in [6, 6.07) is 12.4. The van der Waals surface area contributed by atoms with Crippen molar-refractivity contribution in [1.29, 1.82) is 0 Å². The second-order valence-electron chi connectivity index (χ2n) is 23.9. The number of nitrogens with one attached hydrogen (secondary N) is 2. The molecule has 9 rings (SSSR count). The van der Waals surface area contributed by atoms with Crippen molar-refractivity contribution in [3.8, 4) is 11.5 Å². The smallest absolute Gasteiger partial charge is 0.405 e. The van der Waals surface area contributed by atoms with Gasteiger partial charge in [0, 0.05) is 103 Å². The van der Waals surface area contributed by atoms with E-state index in [-0.39, 0.29) is 75.8 Å². The molecule has 8 atom stereocenters. The zero-order chi connectivity index (χ0) is 60.0. The van der Waals surface area contributed by atoms with Gasteiger partial charge in [-0.2, -0.15) is 13.0 Å². The largest absolute Gasteiger partial charge is 0.506 e. The number of fused-ring (bicyclic) bond motifs is 10. The predicted octanol–water partition coefficient (Wildman–Crippen LogP) is 8.58. The lowest BCUT2D eigenvalue weighted by Gasteiger charge is -2.42. The minimum atomic E-state index is -4.39. The minimum absolute atomic E-state index is 0.0319. The average molecular weight is 1160 g/mol. The van der Waals surface area contributed by atoms with E-state index in [1.54, 1.807) is 50.4 Å². The summed E-state index contributed by atoms with van der Waals surface area (Å²) < 4.78 is 60.5. The molecule has 8 N–H and O–H groups in total. The van der Waals surface area contributed by atoms with E-state index in [0.29, 0.717) is 31.4 Å². The summed E-state index contributed by atoms with van der Waals surface area (Å²) in [4.78, 5) is 45.9. The monoisotopic (exact) mass is 1160 g/mol. The van der Waals surface area contributed by atoms with Crippen LogP contribution >= 0.6 is 0 Å². The second-order valence-corrected chi connectivity index (χ2v) is 25.3. The van der Waals surface area contributed by atoms with Crippen molar-refractivity contribution in [2.24, 2.45) is 22.6 Å². The summed E-state index contributed by atoms with van der Waals surface area (Å²) in [6.45, 7) is 17.5. The van der Waals surface area contributed by atoms with Crippen molar-refractivity contribution >= 4 is 62.7 Å². The first-order chi connectivity index (χ1) is 39.2. The number of aromatic hydroxyl groups is 2. The standard InChI is InChI=1S/C63H78N6O13S/c1-34-26-42-54(48(70)33-45(56(42)73)67-60(74)35(2)14-13-15-51(79-9)57(82-61(64)75)37(4)28-36(3)55(72)52(27-34)80-10)66-23-12-11-22-65-53(71)30-38-16-18-46-43(29-38)62(5,6)58-40-32-41-50(81-49(40)20-24-68(46)58)21-25-69-47-19-17-39(83(76,77)78)31-44(47)63(7,8)59(41)69/h13-19,23,28-29,31-34,36,49-52,55,57,72H,11-12,20-22,24-27,30H2,1-10H3,(H6-,64,65,67,70,71,73,74,75,76,77,78)/p+1/b15-13?,35-14+,37-28+,66-23?/t34-,36+,49?,50?,51+,52+,55-,57+/m1/s1. The predicted molar refractivity (Wildman–Crippen MR) is 317 cm³/mol. The molecular formula is C63H79N6O13S+. The number of methoxy groups -OCH3 is 2. The molecular weight excluding hydrogens is 1080 g/mol. The molecule has 0 saturated carbocycles. The Morgan fingerprint density at radius 3 is 2.48 bits per heavy atom. The lowest BCUT2D eigenvalue weighted by atomic mass is 9.74. The van der Waals surface area contributed by atoms with Gasteiger partial charge in [0.2, 0.25) is 11.6 Å². The van der Waals surface area contributed by atoms with Crippen molar-refractivity contribution in [3.63, 3.8) is 0 Å². The average Bonchev–Trinajstić information content (AvgIpc) is 2.11. The summed E-state index contributed by atoms with van der Waals surface area (Å²) in [5.41, 5.74) is 15.0. The highest BCUT2D eigenvalue weighted by Crippen LogP contribution is 2.55. The lowest BCUT2D eigenvalue weighted by Crippen LogP contribution is -2.47. The fourth-order valence-electron chi connectivity index (χ4n) is 13.2. The Morgan fingerprint density at radius 1 is 1.01 bits per heavy atom. The Bertz CT molecular complexity index is 3450. The van der Waals surface area contributed by atoms with Gasteiger partial charge in [0.15, 0.2) is 18.4 Å². The van der Waals surface area contributed by atoms with Gasteiger partial charge >= 0.3 is 6.09 Å². The number of phenolic OH excluding ortho intramolecular Hbond substituents is 2. The normalized spacial score (nSPS) is 27.2. The number of rotatable bonds is 11. The topological polar surface area (TPSA) is 272 Å². The number of phenols is 2. The number of unbranched alkanes of at least 4 members (excludes halogenated alkanes) is 1. The Morgan fingerprint density at radius 2 is 1.77 bits per heavy atom. The van der Waals surface area contributed by atoms with Crippen LogP contribution in [0.1, 0.15) is 110 Å². The van der Waals surface area contributed by atoms with Crippen LogP contribution in [-0.4, -0.2) is 133 Å². The fourth-order valence-corrected chi connectivity index (χ4v) is 13.7. The zero-order valence-corrected chi connectivity index (χ0v) is 49.8. The molecule has 2 unspecified atom stereocenters. The molecule has 0 aliphatic carbocycles. The van der Waals surface area contributed by atoms with E-state index in [1.807, 2.05) is 19.9 Å². The van der Waals surface area contributed by atoms with E-state index in [9.17, 15) is 42.7 Å². The third-order valence-corrected chi connectivity index (χ3v) is 18.2. The van der Waals surface area contributed by atoms with E-state index >= 15 is 0 Å². The van der Waals surface area contributed by atoms with E-state index in [1.165, 1.54) is 38.1 Å². The van der Waals surface area contributed by atoms with Crippen molar-refractivity contribution < 1.29 is 66.2 Å². The lowest BCUT2D eigenvalue weighted by molar-refractivity contribution is -0.445. The molecule has 83 heavy (non-hydrogen) atoms. The number of hydrogen-bond acceptors (Lipinski definition) is 14. The van der Waals surface area contributed by atoms with Crippen LogP contribution in [0.2, 0.25) is 0 Å². The molecule has 20 heteroatoms. The molecule has 0 aromatic heterocycles. The first-order valence-corrected chi connectivity index (χ1v) is 29.9. The second kappa shape index (κ2) is 24.0. The molecule has 0 spiro atoms. The van der Waals surface area contributed by atoms with Gasteiger partial charge < -0.3 is 55.5 Å². The number of ether oxygens (including phenoxy) is 4. The molecule has 19 nitrogen and oxygen atoms in total. The first kappa shape index (κ1) is 60.6. The third kappa shape index (κ3) is 12.1.